The molecule has 1 aliphatic heterocycles. The van der Waals surface area contributed by atoms with Crippen LogP contribution in [0, 0.1) is 0 Å². The Labute approximate surface area is 124 Å². The number of imide groups is 1. The smallest absolute Gasteiger partial charge is 0.305 e. The number of carbonyl (C=O) groups is 3. The van der Waals surface area contributed by atoms with E-state index in [1.807, 2.05) is 0 Å². The summed E-state index contributed by atoms with van der Waals surface area (Å²) >= 11 is 6.59. The average molecular weight is 315 g/mol. The maximum atomic E-state index is 12.0. The van der Waals surface area contributed by atoms with Gasteiger partial charge >= 0.3 is 5.97 Å². The molecule has 0 radical (unpaired) electrons. The molecule has 1 aromatic rings. The van der Waals surface area contributed by atoms with Gasteiger partial charge in [-0.15, -0.1) is 0 Å². The van der Waals surface area contributed by atoms with Crippen LogP contribution in [0.15, 0.2) is 24.3 Å². The van der Waals surface area contributed by atoms with Crippen LogP contribution in [0.3, 0.4) is 0 Å². The summed E-state index contributed by atoms with van der Waals surface area (Å²) in [6, 6.07) is 6.72. The summed E-state index contributed by atoms with van der Waals surface area (Å²) in [5, 5.41) is 10.9. The van der Waals surface area contributed by atoms with Crippen LogP contribution >= 0.6 is 23.4 Å². The van der Waals surface area contributed by atoms with Gasteiger partial charge in [-0.1, -0.05) is 11.6 Å². The number of nitrogens with one attached hydrogen (secondary N) is 1. The molecule has 1 aliphatic rings. The van der Waals surface area contributed by atoms with Crippen LogP contribution in [0.4, 0.5) is 10.5 Å². The second kappa shape index (κ2) is 6.15. The molecular formula is C12H11ClN2O4S. The molecule has 2 amide bonds. The molecule has 1 heterocycles. The molecule has 2 N–H and O–H groups in total. The second-order valence-electron chi connectivity index (χ2n) is 4.05. The van der Waals surface area contributed by atoms with Crippen molar-refractivity contribution < 1.29 is 19.5 Å². The molecule has 0 saturated carbocycles. The Hall–Kier alpha value is -1.73. The van der Waals surface area contributed by atoms with Crippen molar-refractivity contribution in [2.45, 2.75) is 11.8 Å². The quantitative estimate of drug-likeness (QED) is 0.867. The number of hydrogen-bond acceptors (Lipinski definition) is 5. The molecule has 6 nitrogen and oxygen atoms in total. The Morgan fingerprint density at radius 2 is 2.00 bits per heavy atom. The summed E-state index contributed by atoms with van der Waals surface area (Å²) in [6.07, 6.45) is -0.258. The molecule has 0 aromatic heterocycles. The molecule has 1 fully saturated rings. The number of carboxylic acids is 1. The van der Waals surface area contributed by atoms with Crippen LogP contribution in [0.25, 0.3) is 0 Å². The molecule has 20 heavy (non-hydrogen) atoms. The van der Waals surface area contributed by atoms with Crippen molar-refractivity contribution in [1.82, 2.24) is 4.90 Å². The van der Waals surface area contributed by atoms with E-state index in [4.69, 9.17) is 16.7 Å². The van der Waals surface area contributed by atoms with E-state index in [0.29, 0.717) is 10.7 Å². The fourth-order valence-electron chi connectivity index (χ4n) is 1.64. The van der Waals surface area contributed by atoms with Gasteiger partial charge in [0.15, 0.2) is 5.37 Å². The number of carbonyl (C=O) groups excluding carboxylic acids is 2. The molecule has 106 valence electrons. The first kappa shape index (κ1) is 14.7. The molecule has 0 spiro atoms. The largest absolute Gasteiger partial charge is 0.481 e. The van der Waals surface area contributed by atoms with Crippen molar-refractivity contribution >= 4 is 46.2 Å². The van der Waals surface area contributed by atoms with Crippen LogP contribution in [0.5, 0.6) is 0 Å². The summed E-state index contributed by atoms with van der Waals surface area (Å²) in [5.74, 6) is -1.49. The lowest BCUT2D eigenvalue weighted by atomic mass is 10.3. The fraction of sp³-hybridized carbons (Fsp3) is 0.250. The monoisotopic (exact) mass is 314 g/mol. The van der Waals surface area contributed by atoms with E-state index < -0.39 is 22.5 Å². The number of anilines is 1. The van der Waals surface area contributed by atoms with Crippen molar-refractivity contribution in [3.8, 4) is 0 Å². The number of nitrogens with zero attached hydrogens (tertiary/aromatic N) is 1. The Balaban J connectivity index is 2.00. The predicted octanol–water partition coefficient (Wildman–Crippen LogP) is 2.25. The van der Waals surface area contributed by atoms with Gasteiger partial charge in [0.2, 0.25) is 0 Å². The van der Waals surface area contributed by atoms with Gasteiger partial charge in [0.05, 0.1) is 6.42 Å². The maximum Gasteiger partial charge on any atom is 0.305 e. The molecule has 2 rings (SSSR count). The molecule has 1 atom stereocenters. The first-order valence-electron chi connectivity index (χ1n) is 5.73. The van der Waals surface area contributed by atoms with Crippen molar-refractivity contribution in [2.75, 3.05) is 11.9 Å². The number of thioether (sulfide) groups is 1. The number of benzene rings is 1. The minimum absolute atomic E-state index is 0.112. The zero-order chi connectivity index (χ0) is 14.7. The van der Waals surface area contributed by atoms with Gasteiger partial charge in [-0.05, 0) is 36.0 Å². The van der Waals surface area contributed by atoms with Crippen molar-refractivity contribution in [2.24, 2.45) is 0 Å². The highest BCUT2D eigenvalue weighted by atomic mass is 35.5. The third-order valence-electron chi connectivity index (χ3n) is 2.62. The zero-order valence-corrected chi connectivity index (χ0v) is 11.8. The number of carboxylic acid groups (broad SMARTS) is 1. The first-order valence-corrected chi connectivity index (χ1v) is 6.99. The number of halogens is 1. The van der Waals surface area contributed by atoms with Crippen molar-refractivity contribution in [3.05, 3.63) is 29.3 Å². The van der Waals surface area contributed by atoms with E-state index in [-0.39, 0.29) is 13.0 Å². The predicted molar refractivity (Wildman–Crippen MR) is 75.8 cm³/mol. The first-order chi connectivity index (χ1) is 9.47. The highest BCUT2D eigenvalue weighted by Gasteiger charge is 2.39. The van der Waals surface area contributed by atoms with Crippen LogP contribution in [-0.4, -0.2) is 39.0 Å². The lowest BCUT2D eigenvalue weighted by molar-refractivity contribution is -0.137. The van der Waals surface area contributed by atoms with Gasteiger partial charge in [0.25, 0.3) is 11.1 Å². The Morgan fingerprint density at radius 3 is 2.60 bits per heavy atom. The van der Waals surface area contributed by atoms with Gasteiger partial charge in [-0.25, -0.2) is 0 Å². The highest BCUT2D eigenvalue weighted by molar-refractivity contribution is 8.15. The van der Waals surface area contributed by atoms with Crippen LogP contribution in [0.1, 0.15) is 6.42 Å². The lowest BCUT2D eigenvalue weighted by Crippen LogP contribution is -2.35. The Kier molecular flexibility index (Phi) is 4.51. The van der Waals surface area contributed by atoms with Crippen molar-refractivity contribution in [3.63, 3.8) is 0 Å². The lowest BCUT2D eigenvalue weighted by Gasteiger charge is -2.13. The third kappa shape index (κ3) is 3.43. The summed E-state index contributed by atoms with van der Waals surface area (Å²) < 4.78 is 0. The summed E-state index contributed by atoms with van der Waals surface area (Å²) in [4.78, 5) is 35.1. The number of aliphatic carboxylic acids is 1. The summed E-state index contributed by atoms with van der Waals surface area (Å²) in [7, 11) is 0. The highest BCUT2D eigenvalue weighted by Crippen LogP contribution is 2.28. The molecule has 1 aromatic carbocycles. The van der Waals surface area contributed by atoms with Crippen LogP contribution in [-0.2, 0) is 9.59 Å². The average Bonchev–Trinajstić information content (AvgIpc) is 2.65. The normalized spacial score (nSPS) is 18.4. The van der Waals surface area contributed by atoms with Gasteiger partial charge in [0, 0.05) is 17.3 Å². The third-order valence-corrected chi connectivity index (χ3v) is 3.85. The van der Waals surface area contributed by atoms with E-state index in [0.717, 1.165) is 16.7 Å². The van der Waals surface area contributed by atoms with E-state index in [1.165, 1.54) is 0 Å². The van der Waals surface area contributed by atoms with E-state index in [9.17, 15) is 14.4 Å². The summed E-state index contributed by atoms with van der Waals surface area (Å²) in [6.45, 7) is -0.112. The van der Waals surface area contributed by atoms with Gasteiger partial charge in [-0.3, -0.25) is 19.3 Å². The fourth-order valence-corrected chi connectivity index (χ4v) is 2.70. The standard InChI is InChI=1S/C12H11ClN2O4S/c13-7-1-3-8(4-2-7)14-10-11(18)15(12(19)20-10)6-5-9(16)17/h1-4,10,14H,5-6H2,(H,16,17)/t10-/m1/s1. The summed E-state index contributed by atoms with van der Waals surface area (Å²) in [5.41, 5.74) is 0.660. The van der Waals surface area contributed by atoms with Crippen molar-refractivity contribution in [1.29, 1.82) is 0 Å². The minimum atomic E-state index is -1.05. The molecular weight excluding hydrogens is 304 g/mol. The minimum Gasteiger partial charge on any atom is -0.481 e. The molecule has 0 unspecified atom stereocenters. The molecule has 8 heteroatoms. The van der Waals surface area contributed by atoms with Gasteiger partial charge < -0.3 is 10.4 Å². The topological polar surface area (TPSA) is 86.7 Å². The molecule has 0 bridgehead atoms. The zero-order valence-electron chi connectivity index (χ0n) is 10.2. The van der Waals surface area contributed by atoms with Gasteiger partial charge in [0.1, 0.15) is 0 Å². The Bertz CT molecular complexity index is 549. The maximum absolute atomic E-state index is 12.0. The van der Waals surface area contributed by atoms with E-state index >= 15 is 0 Å². The second-order valence-corrected chi connectivity index (χ2v) is 5.54. The number of amides is 2. The van der Waals surface area contributed by atoms with E-state index in [2.05, 4.69) is 5.32 Å². The van der Waals surface area contributed by atoms with Crippen LogP contribution in [0.2, 0.25) is 5.02 Å². The molecule has 0 aliphatic carbocycles. The Morgan fingerprint density at radius 1 is 1.35 bits per heavy atom. The van der Waals surface area contributed by atoms with E-state index in [1.54, 1.807) is 24.3 Å². The van der Waals surface area contributed by atoms with Crippen LogP contribution < -0.4 is 5.32 Å². The SMILES string of the molecule is O=C(O)CCN1C(=O)S[C@@H](Nc2ccc(Cl)cc2)C1=O. The van der Waals surface area contributed by atoms with Gasteiger partial charge in [-0.2, -0.15) is 0 Å². The number of rotatable bonds is 5. The molecule has 1 saturated heterocycles. The number of hydrogen-bond donors (Lipinski definition) is 2.